The molecule has 1 heteroatoms. The summed E-state index contributed by atoms with van der Waals surface area (Å²) in [4.78, 5) is 0. The Morgan fingerprint density at radius 3 is 2.36 bits per heavy atom. The van der Waals surface area contributed by atoms with Crippen molar-refractivity contribution in [2.24, 2.45) is 11.8 Å². The maximum atomic E-state index is 10.2. The molecule has 1 aliphatic rings. The Hall–Kier alpha value is -0.0400. The molecule has 11 heavy (non-hydrogen) atoms. The van der Waals surface area contributed by atoms with Crippen molar-refractivity contribution >= 4 is 0 Å². The lowest BCUT2D eigenvalue weighted by atomic mass is 9.70. The fourth-order valence-corrected chi connectivity index (χ4v) is 2.21. The van der Waals surface area contributed by atoms with Gasteiger partial charge >= 0.3 is 0 Å². The van der Waals surface area contributed by atoms with E-state index in [0.29, 0.717) is 11.8 Å². The summed E-state index contributed by atoms with van der Waals surface area (Å²) < 4.78 is 0. The van der Waals surface area contributed by atoms with Crippen LogP contribution in [0.5, 0.6) is 0 Å². The summed E-state index contributed by atoms with van der Waals surface area (Å²) >= 11 is 0. The maximum Gasteiger partial charge on any atom is 0.0695 e. The lowest BCUT2D eigenvalue weighted by Crippen LogP contribution is -2.43. The molecule has 0 aromatic rings. The minimum absolute atomic E-state index is 0.363. The first-order valence-corrected chi connectivity index (χ1v) is 4.79. The Labute approximate surface area is 69.8 Å². The van der Waals surface area contributed by atoms with Crippen LogP contribution in [0.1, 0.15) is 46.5 Å². The van der Waals surface area contributed by atoms with Crippen LogP contribution < -0.4 is 0 Å². The molecule has 1 N–H and O–H groups in total. The van der Waals surface area contributed by atoms with Crippen molar-refractivity contribution in [1.82, 2.24) is 0 Å². The van der Waals surface area contributed by atoms with Crippen LogP contribution in [0.25, 0.3) is 0 Å². The Kier molecular flexibility index (Phi) is 2.58. The van der Waals surface area contributed by atoms with Crippen molar-refractivity contribution < 1.29 is 5.11 Å². The molecule has 0 saturated heterocycles. The highest BCUT2D eigenvalue weighted by molar-refractivity contribution is 4.89. The molecular weight excluding hydrogens is 136 g/mol. The molecule has 0 aromatic heterocycles. The SMILES string of the molecule is CC(C)[C@@]1(O)CCCC[C@H]1C. The number of aliphatic hydroxyl groups is 1. The van der Waals surface area contributed by atoms with Gasteiger partial charge in [-0.15, -0.1) is 0 Å². The largest absolute Gasteiger partial charge is 0.389 e. The summed E-state index contributed by atoms with van der Waals surface area (Å²) in [6, 6.07) is 0. The lowest BCUT2D eigenvalue weighted by molar-refractivity contribution is -0.0781. The van der Waals surface area contributed by atoms with E-state index in [-0.39, 0.29) is 5.60 Å². The molecule has 0 aromatic carbocycles. The van der Waals surface area contributed by atoms with Gasteiger partial charge in [0.1, 0.15) is 0 Å². The van der Waals surface area contributed by atoms with Crippen LogP contribution in [0.2, 0.25) is 0 Å². The fourth-order valence-electron chi connectivity index (χ4n) is 2.21. The third-order valence-electron chi connectivity index (χ3n) is 3.32. The first-order chi connectivity index (χ1) is 5.07. The summed E-state index contributed by atoms with van der Waals surface area (Å²) in [6.07, 6.45) is 4.72. The van der Waals surface area contributed by atoms with Crippen LogP contribution in [-0.4, -0.2) is 10.7 Å². The number of hydrogen-bond donors (Lipinski definition) is 1. The molecule has 0 heterocycles. The van der Waals surface area contributed by atoms with Crippen LogP contribution in [0.4, 0.5) is 0 Å². The molecule has 1 fully saturated rings. The normalized spacial score (nSPS) is 39.5. The summed E-state index contributed by atoms with van der Waals surface area (Å²) in [5, 5.41) is 10.2. The molecule has 2 atom stereocenters. The van der Waals surface area contributed by atoms with E-state index in [0.717, 1.165) is 6.42 Å². The minimum atomic E-state index is -0.363. The van der Waals surface area contributed by atoms with E-state index < -0.39 is 0 Å². The average molecular weight is 156 g/mol. The van der Waals surface area contributed by atoms with Crippen molar-refractivity contribution in [3.05, 3.63) is 0 Å². The third kappa shape index (κ3) is 1.58. The van der Waals surface area contributed by atoms with Gasteiger partial charge in [-0.05, 0) is 24.7 Å². The van der Waals surface area contributed by atoms with E-state index in [2.05, 4.69) is 20.8 Å². The predicted octanol–water partition coefficient (Wildman–Crippen LogP) is 2.58. The zero-order valence-electron chi connectivity index (χ0n) is 7.93. The first kappa shape index (κ1) is 9.05. The standard InChI is InChI=1S/C10H20O/c1-8(2)10(11)7-5-4-6-9(10)3/h8-9,11H,4-7H2,1-3H3/t9-,10+/m1/s1. The van der Waals surface area contributed by atoms with Crippen LogP contribution in [0.15, 0.2) is 0 Å². The number of hydrogen-bond acceptors (Lipinski definition) is 1. The van der Waals surface area contributed by atoms with Crippen LogP contribution >= 0.6 is 0 Å². The molecule has 0 aliphatic heterocycles. The smallest absolute Gasteiger partial charge is 0.0695 e. The third-order valence-corrected chi connectivity index (χ3v) is 3.32. The van der Waals surface area contributed by atoms with E-state index in [1.54, 1.807) is 0 Å². The summed E-state index contributed by atoms with van der Waals surface area (Å²) in [5.41, 5.74) is -0.363. The van der Waals surface area contributed by atoms with Gasteiger partial charge < -0.3 is 5.11 Å². The Balaban J connectivity index is 2.64. The molecule has 0 spiro atoms. The van der Waals surface area contributed by atoms with E-state index in [4.69, 9.17) is 0 Å². The second-order valence-corrected chi connectivity index (χ2v) is 4.29. The first-order valence-electron chi connectivity index (χ1n) is 4.79. The van der Waals surface area contributed by atoms with Gasteiger partial charge in [0.2, 0.25) is 0 Å². The zero-order chi connectivity index (χ0) is 8.48. The van der Waals surface area contributed by atoms with Gasteiger partial charge in [-0.1, -0.05) is 33.6 Å². The zero-order valence-corrected chi connectivity index (χ0v) is 7.93. The molecule has 66 valence electrons. The van der Waals surface area contributed by atoms with Gasteiger partial charge in [0.15, 0.2) is 0 Å². The van der Waals surface area contributed by atoms with Gasteiger partial charge in [-0.3, -0.25) is 0 Å². The second kappa shape index (κ2) is 3.14. The minimum Gasteiger partial charge on any atom is -0.389 e. The average Bonchev–Trinajstić information content (AvgIpc) is 1.95. The molecular formula is C10H20O. The van der Waals surface area contributed by atoms with Gasteiger partial charge in [0.25, 0.3) is 0 Å². The molecule has 1 aliphatic carbocycles. The van der Waals surface area contributed by atoms with Gasteiger partial charge in [0, 0.05) is 0 Å². The van der Waals surface area contributed by atoms with Crippen LogP contribution in [0, 0.1) is 11.8 Å². The molecule has 0 amide bonds. The molecule has 0 unspecified atom stereocenters. The van der Waals surface area contributed by atoms with Crippen molar-refractivity contribution in [2.75, 3.05) is 0 Å². The lowest BCUT2D eigenvalue weighted by Gasteiger charge is -2.41. The van der Waals surface area contributed by atoms with Crippen LogP contribution in [-0.2, 0) is 0 Å². The molecule has 1 nitrogen and oxygen atoms in total. The maximum absolute atomic E-state index is 10.2. The Morgan fingerprint density at radius 1 is 1.36 bits per heavy atom. The van der Waals surface area contributed by atoms with Gasteiger partial charge in [-0.2, -0.15) is 0 Å². The topological polar surface area (TPSA) is 20.2 Å². The van der Waals surface area contributed by atoms with Crippen LogP contribution in [0.3, 0.4) is 0 Å². The van der Waals surface area contributed by atoms with Gasteiger partial charge in [-0.25, -0.2) is 0 Å². The van der Waals surface area contributed by atoms with Crippen molar-refractivity contribution in [3.8, 4) is 0 Å². The van der Waals surface area contributed by atoms with E-state index in [1.165, 1.54) is 19.3 Å². The van der Waals surface area contributed by atoms with Gasteiger partial charge in [0.05, 0.1) is 5.60 Å². The summed E-state index contributed by atoms with van der Waals surface area (Å²) in [6.45, 7) is 6.43. The van der Waals surface area contributed by atoms with E-state index in [9.17, 15) is 5.11 Å². The second-order valence-electron chi connectivity index (χ2n) is 4.29. The summed E-state index contributed by atoms with van der Waals surface area (Å²) in [5.74, 6) is 0.911. The van der Waals surface area contributed by atoms with Crippen molar-refractivity contribution in [3.63, 3.8) is 0 Å². The molecule has 0 radical (unpaired) electrons. The highest BCUT2D eigenvalue weighted by Gasteiger charge is 2.38. The Morgan fingerprint density at radius 2 is 2.00 bits per heavy atom. The van der Waals surface area contributed by atoms with E-state index in [1.807, 2.05) is 0 Å². The number of rotatable bonds is 1. The van der Waals surface area contributed by atoms with Crippen molar-refractivity contribution in [1.29, 1.82) is 0 Å². The Bertz CT molecular complexity index is 131. The fraction of sp³-hybridized carbons (Fsp3) is 1.00. The quantitative estimate of drug-likeness (QED) is 0.618. The predicted molar refractivity (Wildman–Crippen MR) is 47.4 cm³/mol. The van der Waals surface area contributed by atoms with Crippen molar-refractivity contribution in [2.45, 2.75) is 52.1 Å². The molecule has 1 rings (SSSR count). The van der Waals surface area contributed by atoms with E-state index >= 15 is 0 Å². The monoisotopic (exact) mass is 156 g/mol. The molecule has 0 bridgehead atoms. The highest BCUT2D eigenvalue weighted by Crippen LogP contribution is 2.38. The summed E-state index contributed by atoms with van der Waals surface area (Å²) in [7, 11) is 0. The molecule has 1 saturated carbocycles. The highest BCUT2D eigenvalue weighted by atomic mass is 16.3.